The third kappa shape index (κ3) is 3.03. The number of nitro groups is 1. The van der Waals surface area contributed by atoms with Crippen molar-refractivity contribution in [1.29, 1.82) is 0 Å². The van der Waals surface area contributed by atoms with Crippen LogP contribution in [-0.4, -0.2) is 13.3 Å². The van der Waals surface area contributed by atoms with Crippen LogP contribution in [0.3, 0.4) is 0 Å². The van der Waals surface area contributed by atoms with Crippen molar-refractivity contribution in [1.82, 2.24) is 0 Å². The lowest BCUT2D eigenvalue weighted by molar-refractivity contribution is -0.384. The Kier molecular flexibility index (Phi) is 3.74. The van der Waals surface area contributed by atoms with Crippen LogP contribution < -0.4 is 4.72 Å². The fourth-order valence-electron chi connectivity index (χ4n) is 1.31. The van der Waals surface area contributed by atoms with Gasteiger partial charge in [0.15, 0.2) is 0 Å². The number of nitrogens with one attached hydrogen (secondary N) is 1. The van der Waals surface area contributed by atoms with Crippen LogP contribution in [-0.2, 0) is 10.0 Å². The molecule has 0 radical (unpaired) electrons. The summed E-state index contributed by atoms with van der Waals surface area (Å²) in [6.07, 6.45) is 0. The number of anilines is 1. The lowest BCUT2D eigenvalue weighted by Crippen LogP contribution is -2.11. The summed E-state index contributed by atoms with van der Waals surface area (Å²) in [4.78, 5) is 9.94. The first kappa shape index (κ1) is 13.8. The first-order valence-electron chi connectivity index (χ1n) is 4.90. The molecule has 1 N–H and O–H groups in total. The number of benzene rings is 1. The van der Waals surface area contributed by atoms with Crippen LogP contribution in [0.25, 0.3) is 0 Å². The highest BCUT2D eigenvalue weighted by atomic mass is 35.5. The van der Waals surface area contributed by atoms with Crippen LogP contribution in [0.15, 0.2) is 39.9 Å². The number of rotatable bonds is 4. The number of nitro benzene ring substituents is 1. The van der Waals surface area contributed by atoms with Crippen molar-refractivity contribution in [2.75, 3.05) is 4.72 Å². The SMILES string of the molecule is O=[N+]([O-])c1ccc(NS(=O)(=O)c2cccs2)c(Cl)c1. The van der Waals surface area contributed by atoms with Crippen molar-refractivity contribution in [3.05, 3.63) is 50.8 Å². The molecule has 0 unspecified atom stereocenters. The molecule has 0 saturated heterocycles. The topological polar surface area (TPSA) is 89.3 Å². The van der Waals surface area contributed by atoms with E-state index in [-0.39, 0.29) is 20.6 Å². The quantitative estimate of drug-likeness (QED) is 0.692. The number of thiophene rings is 1. The number of hydrogen-bond donors (Lipinski definition) is 1. The normalized spacial score (nSPS) is 11.2. The second kappa shape index (κ2) is 5.16. The van der Waals surface area contributed by atoms with Crippen molar-refractivity contribution in [2.45, 2.75) is 4.21 Å². The molecule has 19 heavy (non-hydrogen) atoms. The van der Waals surface area contributed by atoms with Gasteiger partial charge in [0.05, 0.1) is 15.6 Å². The third-order valence-corrected chi connectivity index (χ3v) is 5.24. The molecule has 1 heterocycles. The molecule has 0 bridgehead atoms. The Labute approximate surface area is 117 Å². The minimum atomic E-state index is -3.71. The van der Waals surface area contributed by atoms with E-state index in [9.17, 15) is 18.5 Å². The Morgan fingerprint density at radius 3 is 2.58 bits per heavy atom. The van der Waals surface area contributed by atoms with Gasteiger partial charge < -0.3 is 0 Å². The third-order valence-electron chi connectivity index (χ3n) is 2.17. The molecule has 100 valence electrons. The molecule has 0 aliphatic rings. The molecule has 6 nitrogen and oxygen atoms in total. The molecule has 0 spiro atoms. The number of non-ortho nitro benzene ring substituents is 1. The summed E-state index contributed by atoms with van der Waals surface area (Å²) in [6.45, 7) is 0. The minimum absolute atomic E-state index is 0.0330. The van der Waals surface area contributed by atoms with Gasteiger partial charge in [0, 0.05) is 12.1 Å². The average molecular weight is 319 g/mol. The first-order valence-corrected chi connectivity index (χ1v) is 7.64. The van der Waals surface area contributed by atoms with Crippen molar-refractivity contribution < 1.29 is 13.3 Å². The maximum atomic E-state index is 11.9. The van der Waals surface area contributed by atoms with Crippen LogP contribution in [0.5, 0.6) is 0 Å². The maximum absolute atomic E-state index is 11.9. The highest BCUT2D eigenvalue weighted by Crippen LogP contribution is 2.29. The van der Waals surface area contributed by atoms with E-state index in [0.29, 0.717) is 0 Å². The fourth-order valence-corrected chi connectivity index (χ4v) is 3.66. The fraction of sp³-hybridized carbons (Fsp3) is 0. The summed E-state index contributed by atoms with van der Waals surface area (Å²) in [5.41, 5.74) is -0.107. The van der Waals surface area contributed by atoms with Crippen LogP contribution in [0.2, 0.25) is 5.02 Å². The van der Waals surface area contributed by atoms with Gasteiger partial charge in [0.25, 0.3) is 15.7 Å². The van der Waals surface area contributed by atoms with Gasteiger partial charge in [-0.3, -0.25) is 14.8 Å². The maximum Gasteiger partial charge on any atom is 0.271 e. The monoisotopic (exact) mass is 318 g/mol. The van der Waals surface area contributed by atoms with Gasteiger partial charge in [-0.15, -0.1) is 11.3 Å². The van der Waals surface area contributed by atoms with E-state index in [1.54, 1.807) is 11.4 Å². The largest absolute Gasteiger partial charge is 0.277 e. The standard InChI is InChI=1S/C10H7ClN2O4S2/c11-8-6-7(13(14)15)3-4-9(8)12-19(16,17)10-2-1-5-18-10/h1-6,12H. The molecule has 2 aromatic rings. The van der Waals surface area contributed by atoms with E-state index in [1.807, 2.05) is 0 Å². The first-order chi connectivity index (χ1) is 8.90. The smallest absolute Gasteiger partial charge is 0.271 e. The summed E-state index contributed by atoms with van der Waals surface area (Å²) in [5.74, 6) is 0. The van der Waals surface area contributed by atoms with E-state index in [1.165, 1.54) is 18.2 Å². The Morgan fingerprint density at radius 1 is 1.32 bits per heavy atom. The molecule has 9 heteroatoms. The van der Waals surface area contributed by atoms with Crippen LogP contribution in [0.4, 0.5) is 11.4 Å². The predicted molar refractivity (Wildman–Crippen MR) is 73.2 cm³/mol. The molecule has 0 amide bonds. The molecular weight excluding hydrogens is 312 g/mol. The second-order valence-electron chi connectivity index (χ2n) is 3.46. The number of sulfonamides is 1. The summed E-state index contributed by atoms with van der Waals surface area (Å²) < 4.78 is 26.3. The van der Waals surface area contributed by atoms with E-state index in [4.69, 9.17) is 11.6 Å². The lowest BCUT2D eigenvalue weighted by Gasteiger charge is -2.07. The minimum Gasteiger partial charge on any atom is -0.277 e. The van der Waals surface area contributed by atoms with Gasteiger partial charge in [-0.25, -0.2) is 8.42 Å². The second-order valence-corrected chi connectivity index (χ2v) is 6.72. The highest BCUT2D eigenvalue weighted by Gasteiger charge is 2.18. The zero-order valence-corrected chi connectivity index (χ0v) is 11.6. The highest BCUT2D eigenvalue weighted by molar-refractivity contribution is 7.94. The summed E-state index contributed by atoms with van der Waals surface area (Å²) in [5, 5.41) is 12.1. The van der Waals surface area contributed by atoms with E-state index in [0.717, 1.165) is 17.4 Å². The molecule has 0 aliphatic carbocycles. The van der Waals surface area contributed by atoms with E-state index < -0.39 is 14.9 Å². The Balaban J connectivity index is 2.32. The Bertz CT molecular complexity index is 713. The molecule has 0 fully saturated rings. The molecule has 2 rings (SSSR count). The summed E-state index contributed by atoms with van der Waals surface area (Å²) in [7, 11) is -3.71. The van der Waals surface area contributed by atoms with Gasteiger partial charge in [-0.1, -0.05) is 17.7 Å². The molecule has 1 aromatic carbocycles. The van der Waals surface area contributed by atoms with Crippen molar-refractivity contribution in [3.63, 3.8) is 0 Å². The average Bonchev–Trinajstić information content (AvgIpc) is 2.85. The summed E-state index contributed by atoms with van der Waals surface area (Å²) in [6, 6.07) is 6.58. The van der Waals surface area contributed by atoms with Crippen LogP contribution in [0, 0.1) is 10.1 Å². The number of halogens is 1. The Hall–Kier alpha value is -1.64. The molecule has 0 aliphatic heterocycles. The van der Waals surface area contributed by atoms with Gasteiger partial charge in [-0.2, -0.15) is 0 Å². The zero-order valence-electron chi connectivity index (χ0n) is 9.24. The lowest BCUT2D eigenvalue weighted by atomic mass is 10.3. The van der Waals surface area contributed by atoms with Gasteiger partial charge in [-0.05, 0) is 17.5 Å². The summed E-state index contributed by atoms with van der Waals surface area (Å²) >= 11 is 6.87. The molecule has 0 saturated carbocycles. The van der Waals surface area contributed by atoms with Crippen LogP contribution >= 0.6 is 22.9 Å². The number of nitrogens with zero attached hydrogens (tertiary/aromatic N) is 1. The Morgan fingerprint density at radius 2 is 2.05 bits per heavy atom. The van der Waals surface area contributed by atoms with E-state index in [2.05, 4.69) is 4.72 Å². The van der Waals surface area contributed by atoms with Crippen molar-refractivity contribution >= 4 is 44.3 Å². The molecular formula is C10H7ClN2O4S2. The predicted octanol–water partition coefficient (Wildman–Crippen LogP) is 3.11. The molecule has 1 aromatic heterocycles. The van der Waals surface area contributed by atoms with Crippen LogP contribution in [0.1, 0.15) is 0 Å². The van der Waals surface area contributed by atoms with Gasteiger partial charge >= 0.3 is 0 Å². The van der Waals surface area contributed by atoms with Crippen molar-refractivity contribution in [2.24, 2.45) is 0 Å². The number of hydrogen-bond acceptors (Lipinski definition) is 5. The zero-order chi connectivity index (χ0) is 14.0. The van der Waals surface area contributed by atoms with Gasteiger partial charge in [0.1, 0.15) is 4.21 Å². The molecule has 0 atom stereocenters. The van der Waals surface area contributed by atoms with E-state index >= 15 is 0 Å². The van der Waals surface area contributed by atoms with Crippen molar-refractivity contribution in [3.8, 4) is 0 Å². The van der Waals surface area contributed by atoms with Gasteiger partial charge in [0.2, 0.25) is 0 Å².